The average molecular weight is 368 g/mol. The Morgan fingerprint density at radius 2 is 2.00 bits per heavy atom. The second-order valence-electron chi connectivity index (χ2n) is 5.58. The Morgan fingerprint density at radius 1 is 1.19 bits per heavy atom. The second-order valence-corrected chi connectivity index (χ2v) is 5.58. The fourth-order valence-corrected chi connectivity index (χ4v) is 2.31. The Labute approximate surface area is 156 Å². The van der Waals surface area contributed by atoms with E-state index in [4.69, 9.17) is 4.74 Å². The highest BCUT2D eigenvalue weighted by atomic mass is 16.5. The van der Waals surface area contributed by atoms with E-state index in [0.29, 0.717) is 36.2 Å². The number of hydrogen-bond acceptors (Lipinski definition) is 8. The van der Waals surface area contributed by atoms with Crippen LogP contribution in [0.1, 0.15) is 10.4 Å². The van der Waals surface area contributed by atoms with Gasteiger partial charge in [0.1, 0.15) is 11.4 Å². The first kappa shape index (κ1) is 18.1. The van der Waals surface area contributed by atoms with Crippen LogP contribution in [0.5, 0.6) is 5.88 Å². The Kier molecular flexibility index (Phi) is 5.77. The quantitative estimate of drug-likeness (QED) is 0.508. The van der Waals surface area contributed by atoms with Crippen LogP contribution in [0, 0.1) is 0 Å². The van der Waals surface area contributed by atoms with Crippen molar-refractivity contribution in [3.8, 4) is 5.88 Å². The fourth-order valence-electron chi connectivity index (χ4n) is 2.31. The van der Waals surface area contributed by atoms with Crippen molar-refractivity contribution in [1.82, 2.24) is 30.3 Å². The molecule has 10 nitrogen and oxygen atoms in total. The summed E-state index contributed by atoms with van der Waals surface area (Å²) in [5.74, 6) is 1.28. The third-order valence-corrected chi connectivity index (χ3v) is 3.55. The zero-order chi connectivity index (χ0) is 19.1. The van der Waals surface area contributed by atoms with E-state index in [1.54, 1.807) is 37.8 Å². The van der Waals surface area contributed by atoms with E-state index >= 15 is 0 Å². The molecule has 0 aromatic carbocycles. The summed E-state index contributed by atoms with van der Waals surface area (Å²) in [5.41, 5.74) is 1.23. The molecule has 0 spiro atoms. The van der Waals surface area contributed by atoms with Gasteiger partial charge in [0.15, 0.2) is 5.82 Å². The lowest BCUT2D eigenvalue weighted by atomic mass is 10.3. The Hall–Kier alpha value is -3.69. The highest BCUT2D eigenvalue weighted by Gasteiger charge is 2.15. The topological polar surface area (TPSA) is 119 Å². The number of nitrogens with zero attached hydrogens (tertiary/aromatic N) is 5. The second kappa shape index (κ2) is 8.61. The molecular weight excluding hydrogens is 348 g/mol. The van der Waals surface area contributed by atoms with Gasteiger partial charge in [0.2, 0.25) is 5.88 Å². The first-order valence-electron chi connectivity index (χ1n) is 8.26. The van der Waals surface area contributed by atoms with Gasteiger partial charge >= 0.3 is 0 Å². The van der Waals surface area contributed by atoms with Crippen molar-refractivity contribution in [2.24, 2.45) is 7.05 Å². The maximum Gasteiger partial charge on any atom is 0.258 e. The molecule has 3 heterocycles. The number of anilines is 3. The van der Waals surface area contributed by atoms with Crippen molar-refractivity contribution in [3.05, 3.63) is 48.4 Å². The predicted octanol–water partition coefficient (Wildman–Crippen LogP) is 1.20. The molecule has 3 aromatic heterocycles. The third-order valence-electron chi connectivity index (χ3n) is 3.55. The molecule has 0 aliphatic carbocycles. The highest BCUT2D eigenvalue weighted by Crippen LogP contribution is 2.14. The number of aromatic nitrogens is 5. The summed E-state index contributed by atoms with van der Waals surface area (Å²) in [5, 5.41) is 21.2. The van der Waals surface area contributed by atoms with E-state index in [2.05, 4.69) is 36.2 Å². The largest absolute Gasteiger partial charge is 0.479 e. The van der Waals surface area contributed by atoms with Gasteiger partial charge < -0.3 is 20.7 Å². The zero-order valence-corrected chi connectivity index (χ0v) is 15.0. The molecule has 3 N–H and O–H groups in total. The number of ether oxygens (including phenoxy) is 1. The third kappa shape index (κ3) is 4.91. The van der Waals surface area contributed by atoms with Crippen LogP contribution in [0.15, 0.2) is 42.9 Å². The normalized spacial score (nSPS) is 10.3. The molecule has 0 unspecified atom stereocenters. The molecule has 3 rings (SSSR count). The minimum Gasteiger partial charge on any atom is -0.479 e. The van der Waals surface area contributed by atoms with E-state index in [9.17, 15) is 4.79 Å². The van der Waals surface area contributed by atoms with Crippen LogP contribution in [0.25, 0.3) is 0 Å². The minimum atomic E-state index is -0.246. The molecule has 1 amide bonds. The number of rotatable bonds is 8. The number of amides is 1. The van der Waals surface area contributed by atoms with Crippen LogP contribution in [0.3, 0.4) is 0 Å². The molecule has 0 aliphatic rings. The number of hydrogen-bond donors (Lipinski definition) is 3. The molecule has 0 saturated heterocycles. The van der Waals surface area contributed by atoms with Gasteiger partial charge in [-0.3, -0.25) is 14.5 Å². The number of carbonyl (C=O) groups is 1. The Morgan fingerprint density at radius 3 is 2.70 bits per heavy atom. The van der Waals surface area contributed by atoms with Crippen LogP contribution < -0.4 is 20.7 Å². The van der Waals surface area contributed by atoms with Crippen molar-refractivity contribution in [1.29, 1.82) is 0 Å². The molecule has 0 atom stereocenters. The van der Waals surface area contributed by atoms with E-state index < -0.39 is 0 Å². The number of nitrogens with one attached hydrogen (secondary N) is 3. The number of methoxy groups -OCH3 is 1. The van der Waals surface area contributed by atoms with Gasteiger partial charge in [0.25, 0.3) is 5.91 Å². The summed E-state index contributed by atoms with van der Waals surface area (Å²) in [6.07, 6.45) is 5.02. The highest BCUT2D eigenvalue weighted by molar-refractivity contribution is 5.96. The van der Waals surface area contributed by atoms with E-state index in [0.717, 1.165) is 5.69 Å². The molecule has 0 bridgehead atoms. The lowest BCUT2D eigenvalue weighted by molar-refractivity contribution is 0.0952. The Balaban J connectivity index is 1.44. The molecule has 0 saturated carbocycles. The van der Waals surface area contributed by atoms with E-state index in [1.165, 1.54) is 11.8 Å². The van der Waals surface area contributed by atoms with E-state index in [-0.39, 0.29) is 5.91 Å². The van der Waals surface area contributed by atoms with Crippen LogP contribution in [-0.2, 0) is 7.05 Å². The molecular formula is C17H20N8O2. The maximum atomic E-state index is 12.2. The van der Waals surface area contributed by atoms with Crippen molar-refractivity contribution in [2.45, 2.75) is 0 Å². The smallest absolute Gasteiger partial charge is 0.258 e. The van der Waals surface area contributed by atoms with Crippen molar-refractivity contribution in [2.75, 3.05) is 30.8 Å². The van der Waals surface area contributed by atoms with Gasteiger partial charge in [-0.1, -0.05) is 0 Å². The summed E-state index contributed by atoms with van der Waals surface area (Å²) in [6.45, 7) is 0.909. The van der Waals surface area contributed by atoms with Crippen LogP contribution in [0.4, 0.5) is 17.3 Å². The van der Waals surface area contributed by atoms with Crippen molar-refractivity contribution >= 4 is 23.2 Å². The number of aryl methyl sites for hydroxylation is 1. The first-order chi connectivity index (χ1) is 13.2. The lowest BCUT2D eigenvalue weighted by Crippen LogP contribution is -2.29. The first-order valence-corrected chi connectivity index (χ1v) is 8.26. The van der Waals surface area contributed by atoms with E-state index in [1.807, 2.05) is 12.1 Å². The monoisotopic (exact) mass is 368 g/mol. The number of pyridine rings is 1. The van der Waals surface area contributed by atoms with Gasteiger partial charge in [0, 0.05) is 32.5 Å². The summed E-state index contributed by atoms with van der Waals surface area (Å²) < 4.78 is 6.61. The fraction of sp³-hybridized carbons (Fsp3) is 0.235. The van der Waals surface area contributed by atoms with Crippen molar-refractivity contribution < 1.29 is 9.53 Å². The van der Waals surface area contributed by atoms with Gasteiger partial charge in [-0.05, 0) is 24.3 Å². The van der Waals surface area contributed by atoms with Gasteiger partial charge in [-0.25, -0.2) is 0 Å². The van der Waals surface area contributed by atoms with Crippen molar-refractivity contribution in [3.63, 3.8) is 0 Å². The Bertz CT molecular complexity index is 880. The summed E-state index contributed by atoms with van der Waals surface area (Å²) in [4.78, 5) is 16.2. The standard InChI is InChI=1S/C17H20N8O2/c1-25-11-13(17(24-25)27-2)16(26)20-9-8-19-14-5-6-15(23-22-14)21-12-4-3-7-18-10-12/h3-7,10-11H,8-9H2,1-2H3,(H,19,22)(H,20,26)(H,21,23). The molecule has 27 heavy (non-hydrogen) atoms. The van der Waals surface area contributed by atoms with Crippen LogP contribution >= 0.6 is 0 Å². The summed E-state index contributed by atoms with van der Waals surface area (Å²) in [7, 11) is 3.21. The van der Waals surface area contributed by atoms with Crippen LogP contribution in [0.2, 0.25) is 0 Å². The minimum absolute atomic E-state index is 0.246. The molecule has 3 aromatic rings. The predicted molar refractivity (Wildman–Crippen MR) is 100 cm³/mol. The molecule has 0 fully saturated rings. The number of carbonyl (C=O) groups excluding carboxylic acids is 1. The SMILES string of the molecule is COc1nn(C)cc1C(=O)NCCNc1ccc(Nc2cccnc2)nn1. The lowest BCUT2D eigenvalue weighted by Gasteiger charge is -2.08. The zero-order valence-electron chi connectivity index (χ0n) is 15.0. The van der Waals surface area contributed by atoms with Gasteiger partial charge in [-0.15, -0.1) is 15.3 Å². The summed E-state index contributed by atoms with van der Waals surface area (Å²) >= 11 is 0. The average Bonchev–Trinajstić information content (AvgIpc) is 3.08. The summed E-state index contributed by atoms with van der Waals surface area (Å²) in [6, 6.07) is 7.33. The van der Waals surface area contributed by atoms with Gasteiger partial charge in [-0.2, -0.15) is 0 Å². The molecule has 0 radical (unpaired) electrons. The maximum absolute atomic E-state index is 12.2. The van der Waals surface area contributed by atoms with Gasteiger partial charge in [0.05, 0.1) is 19.0 Å². The molecule has 10 heteroatoms. The van der Waals surface area contributed by atoms with Crippen LogP contribution in [-0.4, -0.2) is 51.1 Å². The molecule has 0 aliphatic heterocycles. The molecule has 140 valence electrons.